The predicted octanol–water partition coefficient (Wildman–Crippen LogP) is 1.92. The highest BCUT2D eigenvalue weighted by molar-refractivity contribution is 5.87. The summed E-state index contributed by atoms with van der Waals surface area (Å²) in [6.45, 7) is 11.8. The lowest BCUT2D eigenvalue weighted by molar-refractivity contribution is -0.219. The Bertz CT molecular complexity index is 259. The van der Waals surface area contributed by atoms with E-state index in [9.17, 15) is 4.79 Å². The zero-order valence-electron chi connectivity index (χ0n) is 9.29. The first-order valence-electron chi connectivity index (χ1n) is 4.86. The molecule has 0 aromatic carbocycles. The lowest BCUT2D eigenvalue weighted by Gasteiger charge is -2.48. The molecule has 0 aliphatic carbocycles. The van der Waals surface area contributed by atoms with Gasteiger partial charge in [0, 0.05) is 5.57 Å². The molecular weight excluding hydrogens is 180 g/mol. The summed E-state index contributed by atoms with van der Waals surface area (Å²) in [5, 5.41) is 0. The maximum atomic E-state index is 11.3. The van der Waals surface area contributed by atoms with Gasteiger partial charge in [0.15, 0.2) is 0 Å². The molecule has 0 aromatic heterocycles. The van der Waals surface area contributed by atoms with Crippen molar-refractivity contribution in [2.24, 2.45) is 5.41 Å². The minimum Gasteiger partial charge on any atom is -0.459 e. The molecule has 1 saturated heterocycles. The highest BCUT2D eigenvalue weighted by Crippen LogP contribution is 2.39. The van der Waals surface area contributed by atoms with Crippen molar-refractivity contribution < 1.29 is 14.3 Å². The van der Waals surface area contributed by atoms with E-state index in [2.05, 4.69) is 13.5 Å². The molecule has 1 aliphatic heterocycles. The van der Waals surface area contributed by atoms with Gasteiger partial charge < -0.3 is 9.47 Å². The molecule has 0 radical (unpaired) electrons. The number of ether oxygens (including phenoxy) is 2. The molecule has 1 fully saturated rings. The van der Waals surface area contributed by atoms with Crippen LogP contribution in [0, 0.1) is 5.41 Å². The number of hydrogen-bond acceptors (Lipinski definition) is 3. The Kier molecular flexibility index (Phi) is 3.00. The van der Waals surface area contributed by atoms with Gasteiger partial charge in [-0.2, -0.15) is 0 Å². The van der Waals surface area contributed by atoms with Gasteiger partial charge in [0.25, 0.3) is 0 Å². The quantitative estimate of drug-likeness (QED) is 0.513. The fraction of sp³-hybridized carbons (Fsp3) is 0.727. The lowest BCUT2D eigenvalue weighted by Crippen LogP contribution is -2.55. The van der Waals surface area contributed by atoms with Crippen molar-refractivity contribution in [1.82, 2.24) is 0 Å². The maximum absolute atomic E-state index is 11.3. The van der Waals surface area contributed by atoms with E-state index in [1.54, 1.807) is 6.92 Å². The first-order chi connectivity index (χ1) is 6.38. The van der Waals surface area contributed by atoms with Gasteiger partial charge in [-0.25, -0.2) is 4.79 Å². The molecule has 1 heterocycles. The van der Waals surface area contributed by atoms with Gasteiger partial charge in [0.1, 0.15) is 6.10 Å². The zero-order valence-corrected chi connectivity index (χ0v) is 9.29. The number of rotatable bonds is 3. The van der Waals surface area contributed by atoms with Crippen LogP contribution < -0.4 is 0 Å². The number of hydrogen-bond donors (Lipinski definition) is 0. The van der Waals surface area contributed by atoms with E-state index >= 15 is 0 Å². The van der Waals surface area contributed by atoms with E-state index in [1.165, 1.54) is 0 Å². The Morgan fingerprint density at radius 2 is 2.29 bits per heavy atom. The van der Waals surface area contributed by atoms with Crippen LogP contribution in [-0.2, 0) is 14.3 Å². The molecule has 3 nitrogen and oxygen atoms in total. The summed E-state index contributed by atoms with van der Waals surface area (Å²) in [6, 6.07) is 0. The van der Waals surface area contributed by atoms with Crippen LogP contribution in [0.3, 0.4) is 0 Å². The van der Waals surface area contributed by atoms with Gasteiger partial charge in [-0.1, -0.05) is 13.5 Å². The Balaban J connectivity index is 2.54. The molecule has 0 spiro atoms. The van der Waals surface area contributed by atoms with Gasteiger partial charge in [0.05, 0.1) is 18.1 Å². The molecule has 80 valence electrons. The molecule has 0 saturated carbocycles. The third-order valence-corrected chi connectivity index (χ3v) is 3.13. The van der Waals surface area contributed by atoms with Crippen LogP contribution in [0.1, 0.15) is 27.7 Å². The summed E-state index contributed by atoms with van der Waals surface area (Å²) in [6.07, 6.45) is 0.0193. The van der Waals surface area contributed by atoms with Crippen molar-refractivity contribution in [3.8, 4) is 0 Å². The molecule has 3 atom stereocenters. The topological polar surface area (TPSA) is 35.5 Å². The van der Waals surface area contributed by atoms with Crippen LogP contribution in [0.4, 0.5) is 0 Å². The van der Waals surface area contributed by atoms with Crippen molar-refractivity contribution in [3.05, 3.63) is 12.2 Å². The second-order valence-corrected chi connectivity index (χ2v) is 4.29. The Morgan fingerprint density at radius 1 is 1.71 bits per heavy atom. The molecule has 0 aromatic rings. The molecule has 0 bridgehead atoms. The van der Waals surface area contributed by atoms with Crippen molar-refractivity contribution in [1.29, 1.82) is 0 Å². The second-order valence-electron chi connectivity index (χ2n) is 4.29. The van der Waals surface area contributed by atoms with Gasteiger partial charge in [0.2, 0.25) is 0 Å². The highest BCUT2D eigenvalue weighted by Gasteiger charge is 2.47. The summed E-state index contributed by atoms with van der Waals surface area (Å²) in [7, 11) is 0. The first kappa shape index (κ1) is 11.2. The van der Waals surface area contributed by atoms with E-state index in [1.807, 2.05) is 13.8 Å². The Hall–Kier alpha value is -0.830. The third-order valence-electron chi connectivity index (χ3n) is 3.13. The highest BCUT2D eigenvalue weighted by atomic mass is 16.6. The number of carbonyl (C=O) groups excluding carboxylic acids is 1. The molecule has 0 amide bonds. The minimum atomic E-state index is -0.321. The zero-order chi connectivity index (χ0) is 10.9. The molecule has 14 heavy (non-hydrogen) atoms. The van der Waals surface area contributed by atoms with Gasteiger partial charge in [-0.3, -0.25) is 0 Å². The number of carbonyl (C=O) groups is 1. The smallest absolute Gasteiger partial charge is 0.333 e. The summed E-state index contributed by atoms with van der Waals surface area (Å²) >= 11 is 0. The normalized spacial score (nSPS) is 33.0. The molecule has 1 aliphatic rings. The fourth-order valence-electron chi connectivity index (χ4n) is 1.36. The summed E-state index contributed by atoms with van der Waals surface area (Å²) in [5.74, 6) is -0.321. The summed E-state index contributed by atoms with van der Waals surface area (Å²) in [5.41, 5.74) is 0.388. The van der Waals surface area contributed by atoms with E-state index in [0.717, 1.165) is 0 Å². The van der Waals surface area contributed by atoms with Crippen LogP contribution in [0.5, 0.6) is 0 Å². The summed E-state index contributed by atoms with van der Waals surface area (Å²) < 4.78 is 10.6. The average molecular weight is 198 g/mol. The van der Waals surface area contributed by atoms with Crippen LogP contribution in [0.25, 0.3) is 0 Å². The first-order valence-corrected chi connectivity index (χ1v) is 4.86. The summed E-state index contributed by atoms with van der Waals surface area (Å²) in [4.78, 5) is 11.3. The monoisotopic (exact) mass is 198 g/mol. The third kappa shape index (κ3) is 1.82. The van der Waals surface area contributed by atoms with E-state index in [0.29, 0.717) is 12.2 Å². The SMILES string of the molecule is C=C(C)C(=O)OC(C)C1(C)COC1C. The molecule has 1 rings (SSSR count). The van der Waals surface area contributed by atoms with Crippen molar-refractivity contribution in [2.75, 3.05) is 6.61 Å². The minimum absolute atomic E-state index is 0.0505. The maximum Gasteiger partial charge on any atom is 0.333 e. The van der Waals surface area contributed by atoms with Crippen LogP contribution in [0.2, 0.25) is 0 Å². The standard InChI is InChI=1S/C11H18O3/c1-7(2)10(12)14-9(4)11(5)6-13-8(11)3/h8-9H,1,6H2,2-5H3. The lowest BCUT2D eigenvalue weighted by atomic mass is 9.76. The van der Waals surface area contributed by atoms with E-state index < -0.39 is 0 Å². The Labute approximate surface area is 85.1 Å². The molecular formula is C11H18O3. The van der Waals surface area contributed by atoms with Gasteiger partial charge in [-0.05, 0) is 20.8 Å². The largest absolute Gasteiger partial charge is 0.459 e. The van der Waals surface area contributed by atoms with Crippen molar-refractivity contribution in [2.45, 2.75) is 39.9 Å². The predicted molar refractivity (Wildman–Crippen MR) is 53.9 cm³/mol. The van der Waals surface area contributed by atoms with Gasteiger partial charge >= 0.3 is 5.97 Å². The Morgan fingerprint density at radius 3 is 2.57 bits per heavy atom. The van der Waals surface area contributed by atoms with Gasteiger partial charge in [-0.15, -0.1) is 0 Å². The van der Waals surface area contributed by atoms with Crippen molar-refractivity contribution >= 4 is 5.97 Å². The molecule has 3 unspecified atom stereocenters. The van der Waals surface area contributed by atoms with Crippen LogP contribution in [-0.4, -0.2) is 24.8 Å². The van der Waals surface area contributed by atoms with Crippen LogP contribution in [0.15, 0.2) is 12.2 Å². The van der Waals surface area contributed by atoms with E-state index in [4.69, 9.17) is 9.47 Å². The second kappa shape index (κ2) is 3.73. The van der Waals surface area contributed by atoms with E-state index in [-0.39, 0.29) is 23.6 Å². The van der Waals surface area contributed by atoms with Crippen LogP contribution >= 0.6 is 0 Å². The number of esters is 1. The van der Waals surface area contributed by atoms with Crippen molar-refractivity contribution in [3.63, 3.8) is 0 Å². The average Bonchev–Trinajstić information content (AvgIpc) is 2.13. The fourth-order valence-corrected chi connectivity index (χ4v) is 1.36. The molecule has 0 N–H and O–H groups in total. The molecule has 3 heteroatoms.